The molecule has 1 amide bonds. The number of benzene rings is 1. The van der Waals surface area contributed by atoms with Crippen molar-refractivity contribution >= 4 is 39.1 Å². The minimum Gasteiger partial charge on any atom is -0.465 e. The highest BCUT2D eigenvalue weighted by Crippen LogP contribution is 2.36. The number of carbonyl (C=O) groups excluding carboxylic acids is 2. The molecular formula is C24H24N4O4S. The summed E-state index contributed by atoms with van der Waals surface area (Å²) in [5, 5.41) is 7.59. The van der Waals surface area contributed by atoms with Crippen molar-refractivity contribution in [2.45, 2.75) is 26.4 Å². The maximum Gasteiger partial charge on any atom is 0.350 e. The van der Waals surface area contributed by atoms with Crippen molar-refractivity contribution in [3.63, 3.8) is 0 Å². The molecular weight excluding hydrogens is 440 g/mol. The molecule has 8 nitrogen and oxygen atoms in total. The molecule has 1 aromatic carbocycles. The molecule has 0 aliphatic heterocycles. The van der Waals surface area contributed by atoms with Gasteiger partial charge in [0.05, 0.1) is 24.5 Å². The van der Waals surface area contributed by atoms with Gasteiger partial charge in [-0.3, -0.25) is 9.69 Å². The smallest absolute Gasteiger partial charge is 0.350 e. The van der Waals surface area contributed by atoms with Crippen LogP contribution in [-0.4, -0.2) is 41.1 Å². The van der Waals surface area contributed by atoms with Crippen LogP contribution in [0.25, 0.3) is 10.2 Å². The van der Waals surface area contributed by atoms with E-state index in [9.17, 15) is 9.59 Å². The maximum absolute atomic E-state index is 12.9. The van der Waals surface area contributed by atoms with Gasteiger partial charge in [0.1, 0.15) is 21.7 Å². The molecule has 9 heteroatoms. The Balaban J connectivity index is 1.64. The molecule has 0 aliphatic rings. The molecule has 0 saturated heterocycles. The lowest BCUT2D eigenvalue weighted by Gasteiger charge is -2.22. The van der Waals surface area contributed by atoms with Gasteiger partial charge in [-0.1, -0.05) is 22.9 Å². The number of amides is 1. The number of thiophene rings is 1. The molecule has 0 aliphatic carbocycles. The second-order valence-corrected chi connectivity index (χ2v) is 8.79. The molecule has 170 valence electrons. The van der Waals surface area contributed by atoms with E-state index in [-0.39, 0.29) is 11.9 Å². The number of esters is 1. The SMILES string of the molecule is COC(=O)c1sc2nc(CN(C)C(C)c3ccon3)ccc2c1NC(=O)c1cccc(C)c1. The summed E-state index contributed by atoms with van der Waals surface area (Å²) < 4.78 is 9.89. The Morgan fingerprint density at radius 2 is 2.06 bits per heavy atom. The van der Waals surface area contributed by atoms with Gasteiger partial charge in [0.2, 0.25) is 0 Å². The molecule has 33 heavy (non-hydrogen) atoms. The van der Waals surface area contributed by atoms with Crippen LogP contribution in [0.4, 0.5) is 5.69 Å². The number of rotatable bonds is 7. The fourth-order valence-electron chi connectivity index (χ4n) is 3.49. The van der Waals surface area contributed by atoms with Crippen LogP contribution in [0.2, 0.25) is 0 Å². The van der Waals surface area contributed by atoms with Gasteiger partial charge < -0.3 is 14.6 Å². The predicted molar refractivity (Wildman–Crippen MR) is 126 cm³/mol. The number of pyridine rings is 1. The molecule has 0 spiro atoms. The Morgan fingerprint density at radius 1 is 1.24 bits per heavy atom. The van der Waals surface area contributed by atoms with Crippen molar-refractivity contribution in [2.75, 3.05) is 19.5 Å². The van der Waals surface area contributed by atoms with Gasteiger partial charge in [-0.05, 0) is 45.2 Å². The number of nitrogens with one attached hydrogen (secondary N) is 1. The summed E-state index contributed by atoms with van der Waals surface area (Å²) in [5.74, 6) is -0.815. The van der Waals surface area contributed by atoms with Gasteiger partial charge in [-0.15, -0.1) is 11.3 Å². The third kappa shape index (κ3) is 4.79. The van der Waals surface area contributed by atoms with Crippen molar-refractivity contribution in [3.8, 4) is 0 Å². The zero-order valence-electron chi connectivity index (χ0n) is 18.8. The van der Waals surface area contributed by atoms with E-state index in [4.69, 9.17) is 14.2 Å². The Kier molecular flexibility index (Phi) is 6.52. The average molecular weight is 465 g/mol. The summed E-state index contributed by atoms with van der Waals surface area (Å²) in [6.07, 6.45) is 1.55. The lowest BCUT2D eigenvalue weighted by molar-refractivity contribution is 0.0607. The van der Waals surface area contributed by atoms with E-state index in [1.807, 2.05) is 51.2 Å². The number of anilines is 1. The highest BCUT2D eigenvalue weighted by Gasteiger charge is 2.23. The van der Waals surface area contributed by atoms with Crippen molar-refractivity contribution in [3.05, 3.63) is 76.1 Å². The van der Waals surface area contributed by atoms with Gasteiger partial charge in [0.25, 0.3) is 5.91 Å². The molecule has 4 rings (SSSR count). The lowest BCUT2D eigenvalue weighted by atomic mass is 10.1. The summed E-state index contributed by atoms with van der Waals surface area (Å²) >= 11 is 1.20. The summed E-state index contributed by atoms with van der Waals surface area (Å²) in [6.45, 7) is 4.53. The quantitative estimate of drug-likeness (QED) is 0.391. The molecule has 3 heterocycles. The first-order chi connectivity index (χ1) is 15.9. The molecule has 0 radical (unpaired) electrons. The molecule has 0 fully saturated rings. The van der Waals surface area contributed by atoms with Gasteiger partial charge in [0.15, 0.2) is 0 Å². The molecule has 4 aromatic rings. The zero-order valence-corrected chi connectivity index (χ0v) is 19.6. The van der Waals surface area contributed by atoms with Gasteiger partial charge in [0, 0.05) is 23.6 Å². The average Bonchev–Trinajstić information content (AvgIpc) is 3.46. The fraction of sp³-hybridized carbons (Fsp3) is 0.250. The van der Waals surface area contributed by atoms with E-state index >= 15 is 0 Å². The van der Waals surface area contributed by atoms with Crippen LogP contribution in [0, 0.1) is 6.92 Å². The highest BCUT2D eigenvalue weighted by atomic mass is 32.1. The number of hydrogen-bond donors (Lipinski definition) is 1. The monoisotopic (exact) mass is 464 g/mol. The lowest BCUT2D eigenvalue weighted by Crippen LogP contribution is -2.22. The van der Waals surface area contributed by atoms with Crippen LogP contribution in [0.15, 0.2) is 53.3 Å². The first kappa shape index (κ1) is 22.6. The number of aromatic nitrogens is 2. The van der Waals surface area contributed by atoms with Crippen molar-refractivity contribution in [2.24, 2.45) is 0 Å². The highest BCUT2D eigenvalue weighted by molar-refractivity contribution is 7.21. The number of ether oxygens (including phenoxy) is 1. The molecule has 1 N–H and O–H groups in total. The minimum absolute atomic E-state index is 0.0411. The van der Waals surface area contributed by atoms with E-state index < -0.39 is 5.97 Å². The zero-order chi connectivity index (χ0) is 23.5. The second-order valence-electron chi connectivity index (χ2n) is 7.79. The van der Waals surface area contributed by atoms with Crippen LogP contribution in [0.5, 0.6) is 0 Å². The molecule has 3 aromatic heterocycles. The van der Waals surface area contributed by atoms with E-state index in [1.54, 1.807) is 18.4 Å². The number of fused-ring (bicyclic) bond motifs is 1. The fourth-order valence-corrected chi connectivity index (χ4v) is 4.56. The standard InChI is InChI=1S/C24H24N4O4S/c1-14-6-5-7-16(12-14)22(29)26-20-18-9-8-17(25-23(18)33-21(20)24(30)31-4)13-28(3)15(2)19-10-11-32-27-19/h5-12,15H,13H2,1-4H3,(H,26,29). The van der Waals surface area contributed by atoms with E-state index in [1.165, 1.54) is 18.4 Å². The van der Waals surface area contributed by atoms with E-state index in [0.29, 0.717) is 32.9 Å². The topological polar surface area (TPSA) is 97.6 Å². The Labute approximate surface area is 195 Å². The van der Waals surface area contributed by atoms with Crippen molar-refractivity contribution in [1.82, 2.24) is 15.0 Å². The van der Waals surface area contributed by atoms with E-state index in [2.05, 4.69) is 15.4 Å². The van der Waals surface area contributed by atoms with Crippen LogP contribution in [-0.2, 0) is 11.3 Å². The maximum atomic E-state index is 12.9. The third-order valence-corrected chi connectivity index (χ3v) is 6.54. The first-order valence-corrected chi connectivity index (χ1v) is 11.2. The molecule has 0 saturated carbocycles. The van der Waals surface area contributed by atoms with Crippen LogP contribution in [0.1, 0.15) is 49.9 Å². The van der Waals surface area contributed by atoms with Crippen LogP contribution in [0.3, 0.4) is 0 Å². The van der Waals surface area contributed by atoms with Crippen LogP contribution < -0.4 is 5.32 Å². The van der Waals surface area contributed by atoms with Gasteiger partial charge in [-0.25, -0.2) is 9.78 Å². The number of hydrogen-bond acceptors (Lipinski definition) is 8. The Morgan fingerprint density at radius 3 is 2.76 bits per heavy atom. The summed E-state index contributed by atoms with van der Waals surface area (Å²) in [7, 11) is 3.30. The number of methoxy groups -OCH3 is 1. The largest absolute Gasteiger partial charge is 0.465 e. The summed E-state index contributed by atoms with van der Waals surface area (Å²) in [6, 6.07) is 12.9. The van der Waals surface area contributed by atoms with Crippen molar-refractivity contribution in [1.29, 1.82) is 0 Å². The summed E-state index contributed by atoms with van der Waals surface area (Å²) in [4.78, 5) is 33.1. The molecule has 0 bridgehead atoms. The predicted octanol–water partition coefficient (Wildman–Crippen LogP) is 4.82. The molecule has 1 atom stereocenters. The summed E-state index contributed by atoms with van der Waals surface area (Å²) in [5.41, 5.74) is 3.56. The molecule has 1 unspecified atom stereocenters. The normalized spacial score (nSPS) is 12.2. The third-order valence-electron chi connectivity index (χ3n) is 5.46. The minimum atomic E-state index is -0.518. The van der Waals surface area contributed by atoms with Gasteiger partial charge in [-0.2, -0.15) is 0 Å². The first-order valence-electron chi connectivity index (χ1n) is 10.4. The Bertz CT molecular complexity index is 1300. The number of aryl methyl sites for hydroxylation is 1. The van der Waals surface area contributed by atoms with Crippen molar-refractivity contribution < 1.29 is 18.8 Å². The van der Waals surface area contributed by atoms with Crippen LogP contribution >= 0.6 is 11.3 Å². The number of nitrogens with zero attached hydrogens (tertiary/aromatic N) is 3. The van der Waals surface area contributed by atoms with E-state index in [0.717, 1.165) is 17.0 Å². The second kappa shape index (κ2) is 9.51. The number of carbonyl (C=O) groups is 2. The Hall–Kier alpha value is -3.56. The van der Waals surface area contributed by atoms with Gasteiger partial charge >= 0.3 is 5.97 Å².